The molecule has 2 N–H and O–H groups in total. The normalized spacial score (nSPS) is 11.9. The molecule has 78 valence electrons. The first-order valence-electron chi connectivity index (χ1n) is 4.44. The van der Waals surface area contributed by atoms with Gasteiger partial charge >= 0.3 is 0 Å². The first kappa shape index (κ1) is 12.1. The van der Waals surface area contributed by atoms with E-state index >= 15 is 0 Å². The van der Waals surface area contributed by atoms with Crippen LogP contribution in [0, 0.1) is 11.3 Å². The maximum absolute atomic E-state index is 8.86. The molecule has 0 aromatic heterocycles. The highest BCUT2D eigenvalue weighted by atomic mass is 79.9. The molecule has 0 atom stereocenters. The van der Waals surface area contributed by atoms with Gasteiger partial charge in [-0.05, 0) is 18.6 Å². The minimum atomic E-state index is 0.456. The van der Waals surface area contributed by atoms with Crippen LogP contribution in [0.3, 0.4) is 0 Å². The lowest BCUT2D eigenvalue weighted by Crippen LogP contribution is -2.01. The molecule has 0 aliphatic rings. The van der Waals surface area contributed by atoms with Crippen LogP contribution in [0.25, 0.3) is 5.70 Å². The van der Waals surface area contributed by atoms with Crippen molar-refractivity contribution in [3.8, 4) is 6.07 Å². The van der Waals surface area contributed by atoms with Crippen molar-refractivity contribution < 1.29 is 0 Å². The molecule has 0 radical (unpaired) electrons. The molecule has 0 spiro atoms. The molecular weight excluding hydrogens is 275 g/mol. The van der Waals surface area contributed by atoms with E-state index in [0.717, 1.165) is 4.47 Å². The fourth-order valence-electron chi connectivity index (χ4n) is 1.20. The largest absolute Gasteiger partial charge is 0.397 e. The Morgan fingerprint density at radius 2 is 2.27 bits per heavy atom. The van der Waals surface area contributed by atoms with Gasteiger partial charge in [-0.2, -0.15) is 5.26 Å². The average molecular weight is 286 g/mol. The molecule has 0 heterocycles. The maximum atomic E-state index is 8.86. The van der Waals surface area contributed by atoms with E-state index in [2.05, 4.69) is 22.0 Å². The molecule has 0 aliphatic carbocycles. The molecule has 2 nitrogen and oxygen atoms in total. The third-order valence-electron chi connectivity index (χ3n) is 2.03. The third kappa shape index (κ3) is 2.74. The monoisotopic (exact) mass is 284 g/mol. The topological polar surface area (TPSA) is 49.8 Å². The van der Waals surface area contributed by atoms with Gasteiger partial charge in [0.15, 0.2) is 0 Å². The van der Waals surface area contributed by atoms with Crippen molar-refractivity contribution in [1.82, 2.24) is 0 Å². The summed E-state index contributed by atoms with van der Waals surface area (Å²) in [6.07, 6.45) is 0.606. The zero-order valence-corrected chi connectivity index (χ0v) is 10.6. The van der Waals surface area contributed by atoms with Crippen LogP contribution in [-0.2, 0) is 0 Å². The molecule has 0 amide bonds. The highest BCUT2D eigenvalue weighted by Gasteiger charge is 2.08. The zero-order valence-electron chi connectivity index (χ0n) is 8.22. The first-order chi connectivity index (χ1) is 7.10. The molecule has 4 heteroatoms. The van der Waals surface area contributed by atoms with Crippen LogP contribution in [0.1, 0.15) is 18.9 Å². The van der Waals surface area contributed by atoms with Crippen molar-refractivity contribution in [3.63, 3.8) is 0 Å². The summed E-state index contributed by atoms with van der Waals surface area (Å²) in [6, 6.07) is 7.48. The summed E-state index contributed by atoms with van der Waals surface area (Å²) in [5.74, 6) is 0. The zero-order chi connectivity index (χ0) is 11.4. The summed E-state index contributed by atoms with van der Waals surface area (Å²) in [7, 11) is 0. The second-order valence-electron chi connectivity index (χ2n) is 2.98. The number of nitriles is 1. The number of nitrogens with zero attached hydrogens (tertiary/aromatic N) is 1. The number of hydrogen-bond acceptors (Lipinski definition) is 2. The van der Waals surface area contributed by atoms with Crippen LogP contribution in [0.15, 0.2) is 28.2 Å². The molecule has 0 saturated carbocycles. The van der Waals surface area contributed by atoms with E-state index in [9.17, 15) is 0 Å². The van der Waals surface area contributed by atoms with Crippen molar-refractivity contribution in [3.05, 3.63) is 38.8 Å². The summed E-state index contributed by atoms with van der Waals surface area (Å²) in [4.78, 5) is 0. The molecule has 15 heavy (non-hydrogen) atoms. The van der Waals surface area contributed by atoms with Crippen molar-refractivity contribution >= 4 is 33.2 Å². The Morgan fingerprint density at radius 3 is 2.73 bits per heavy atom. The Kier molecular flexibility index (Phi) is 4.19. The molecular formula is C11H10BrClN2. The van der Waals surface area contributed by atoms with Crippen LogP contribution in [-0.4, -0.2) is 0 Å². The Balaban J connectivity index is 3.29. The Labute approximate surface area is 102 Å². The number of hydrogen-bond donors (Lipinski definition) is 1. The third-order valence-corrected chi connectivity index (χ3v) is 2.84. The number of benzene rings is 1. The highest BCUT2D eigenvalue weighted by Crippen LogP contribution is 2.26. The van der Waals surface area contributed by atoms with Gasteiger partial charge in [-0.3, -0.25) is 0 Å². The molecule has 0 aliphatic heterocycles. The van der Waals surface area contributed by atoms with Gasteiger partial charge < -0.3 is 5.73 Å². The molecule has 0 fully saturated rings. The second kappa shape index (κ2) is 5.20. The van der Waals surface area contributed by atoms with Gasteiger partial charge in [0.05, 0.1) is 22.4 Å². The van der Waals surface area contributed by atoms with E-state index < -0.39 is 0 Å². The highest BCUT2D eigenvalue weighted by molar-refractivity contribution is 9.10. The number of nitrogens with two attached hydrogens (primary N) is 1. The van der Waals surface area contributed by atoms with Gasteiger partial charge in [-0.25, -0.2) is 0 Å². The van der Waals surface area contributed by atoms with Crippen molar-refractivity contribution in [1.29, 1.82) is 5.26 Å². The SMILES string of the molecule is CC/C(C#N)=C(/N)c1ccc(Br)cc1Cl. The molecule has 1 aromatic carbocycles. The van der Waals surface area contributed by atoms with Crippen LogP contribution >= 0.6 is 27.5 Å². The van der Waals surface area contributed by atoms with E-state index in [0.29, 0.717) is 28.3 Å². The molecule has 0 unspecified atom stereocenters. The lowest BCUT2D eigenvalue weighted by atomic mass is 10.1. The Bertz CT molecular complexity index is 446. The van der Waals surface area contributed by atoms with Crippen molar-refractivity contribution in [2.45, 2.75) is 13.3 Å². The smallest absolute Gasteiger partial charge is 0.0968 e. The predicted octanol–water partition coefficient (Wildman–Crippen LogP) is 3.71. The van der Waals surface area contributed by atoms with E-state index in [1.54, 1.807) is 12.1 Å². The van der Waals surface area contributed by atoms with Crippen LogP contribution in [0.2, 0.25) is 5.02 Å². The summed E-state index contributed by atoms with van der Waals surface area (Å²) < 4.78 is 0.888. The predicted molar refractivity (Wildman–Crippen MR) is 66.2 cm³/mol. The van der Waals surface area contributed by atoms with E-state index in [4.69, 9.17) is 22.6 Å². The first-order valence-corrected chi connectivity index (χ1v) is 5.61. The number of rotatable bonds is 2. The van der Waals surface area contributed by atoms with Crippen LogP contribution < -0.4 is 5.73 Å². The molecule has 1 aromatic rings. The summed E-state index contributed by atoms with van der Waals surface area (Å²) in [5.41, 5.74) is 7.59. The van der Waals surface area contributed by atoms with Gasteiger partial charge in [0.25, 0.3) is 0 Å². The van der Waals surface area contributed by atoms with E-state index in [-0.39, 0.29) is 0 Å². The summed E-state index contributed by atoms with van der Waals surface area (Å²) in [5, 5.41) is 9.41. The lowest BCUT2D eigenvalue weighted by Gasteiger charge is -2.06. The number of allylic oxidation sites excluding steroid dienone is 1. The van der Waals surface area contributed by atoms with Crippen molar-refractivity contribution in [2.24, 2.45) is 5.73 Å². The maximum Gasteiger partial charge on any atom is 0.0968 e. The Morgan fingerprint density at radius 1 is 1.60 bits per heavy atom. The standard InChI is InChI=1S/C11H10BrClN2/c1-2-7(6-14)11(15)9-4-3-8(12)5-10(9)13/h3-5H,2,15H2,1H3/b11-7-. The average Bonchev–Trinajstić information content (AvgIpc) is 2.19. The van der Waals surface area contributed by atoms with Gasteiger partial charge in [-0.15, -0.1) is 0 Å². The Hall–Kier alpha value is -0.980. The summed E-state index contributed by atoms with van der Waals surface area (Å²) >= 11 is 9.34. The van der Waals surface area contributed by atoms with Gasteiger partial charge in [-0.1, -0.05) is 40.5 Å². The van der Waals surface area contributed by atoms with Crippen LogP contribution in [0.5, 0.6) is 0 Å². The van der Waals surface area contributed by atoms with Crippen molar-refractivity contribution in [2.75, 3.05) is 0 Å². The molecule has 1 rings (SSSR count). The van der Waals surface area contributed by atoms with Crippen LogP contribution in [0.4, 0.5) is 0 Å². The fourth-order valence-corrected chi connectivity index (χ4v) is 1.98. The quantitative estimate of drug-likeness (QED) is 0.842. The van der Waals surface area contributed by atoms with Gasteiger partial charge in [0.2, 0.25) is 0 Å². The minimum absolute atomic E-state index is 0.456. The number of halogens is 2. The van der Waals surface area contributed by atoms with E-state index in [1.807, 2.05) is 13.0 Å². The second-order valence-corrected chi connectivity index (χ2v) is 4.30. The minimum Gasteiger partial charge on any atom is -0.397 e. The van der Waals surface area contributed by atoms with E-state index in [1.165, 1.54) is 0 Å². The van der Waals surface area contributed by atoms with Gasteiger partial charge in [0, 0.05) is 10.0 Å². The lowest BCUT2D eigenvalue weighted by molar-refractivity contribution is 1.14. The molecule has 0 saturated heterocycles. The molecule has 0 bridgehead atoms. The van der Waals surface area contributed by atoms with Gasteiger partial charge in [0.1, 0.15) is 0 Å². The summed E-state index contributed by atoms with van der Waals surface area (Å²) in [6.45, 7) is 1.89. The fraction of sp³-hybridized carbons (Fsp3) is 0.182.